The lowest BCUT2D eigenvalue weighted by molar-refractivity contribution is 0.0951. The molecule has 10 heteroatoms. The van der Waals surface area contributed by atoms with E-state index in [9.17, 15) is 4.79 Å². The van der Waals surface area contributed by atoms with Crippen molar-refractivity contribution < 1.29 is 14.3 Å². The lowest BCUT2D eigenvalue weighted by Gasteiger charge is -2.11. The number of nitrogens with one attached hydrogen (secondary N) is 2. The number of hydrogen-bond donors (Lipinski definition) is 2. The summed E-state index contributed by atoms with van der Waals surface area (Å²) in [5, 5.41) is 12.3. The van der Waals surface area contributed by atoms with E-state index in [0.29, 0.717) is 41.2 Å². The van der Waals surface area contributed by atoms with E-state index < -0.39 is 0 Å². The van der Waals surface area contributed by atoms with Crippen LogP contribution in [0.25, 0.3) is 11.0 Å². The van der Waals surface area contributed by atoms with Gasteiger partial charge in [0.15, 0.2) is 22.3 Å². The monoisotopic (exact) mass is 428 g/mol. The Balaban J connectivity index is 1.45. The molecule has 2 N–H and O–H groups in total. The minimum absolute atomic E-state index is 0.177. The predicted octanol–water partition coefficient (Wildman–Crippen LogP) is 2.77. The Bertz CT molecular complexity index is 1070. The first-order valence-electron chi connectivity index (χ1n) is 9.74. The number of rotatable bonds is 8. The molecule has 3 aromatic rings. The molecule has 0 fully saturated rings. The number of amides is 1. The second-order valence-electron chi connectivity index (χ2n) is 7.26. The molecular formula is C20H24N6O3S. The molecule has 0 saturated carbocycles. The maximum Gasteiger partial charge on any atom is 0.251 e. The van der Waals surface area contributed by atoms with Crippen LogP contribution in [0.3, 0.4) is 0 Å². The van der Waals surface area contributed by atoms with Crippen LogP contribution in [0, 0.1) is 5.92 Å². The van der Waals surface area contributed by atoms with Gasteiger partial charge in [0.25, 0.3) is 5.91 Å². The topological polar surface area (TPSA) is 103 Å². The summed E-state index contributed by atoms with van der Waals surface area (Å²) in [7, 11) is 0. The molecule has 0 atom stereocenters. The number of carbonyl (C=O) groups excluding carboxylic acids is 1. The zero-order valence-corrected chi connectivity index (χ0v) is 18.0. The van der Waals surface area contributed by atoms with E-state index in [4.69, 9.17) is 9.47 Å². The predicted molar refractivity (Wildman–Crippen MR) is 115 cm³/mol. The molecule has 0 spiro atoms. The van der Waals surface area contributed by atoms with Gasteiger partial charge in [-0.05, 0) is 30.4 Å². The number of anilines is 1. The first-order chi connectivity index (χ1) is 14.5. The molecule has 158 valence electrons. The molecular weight excluding hydrogens is 404 g/mol. The molecule has 0 unspecified atom stereocenters. The summed E-state index contributed by atoms with van der Waals surface area (Å²) in [5.41, 5.74) is 1.27. The number of thioether (sulfide) groups is 1. The van der Waals surface area contributed by atoms with Crippen molar-refractivity contribution in [3.05, 3.63) is 30.0 Å². The van der Waals surface area contributed by atoms with Crippen LogP contribution in [0.5, 0.6) is 11.5 Å². The van der Waals surface area contributed by atoms with E-state index in [1.165, 1.54) is 11.8 Å². The van der Waals surface area contributed by atoms with E-state index >= 15 is 0 Å². The number of hydrogen-bond acceptors (Lipinski definition) is 8. The highest BCUT2D eigenvalue weighted by Crippen LogP contribution is 2.32. The van der Waals surface area contributed by atoms with Crippen LogP contribution < -0.4 is 20.1 Å². The number of ether oxygens (including phenoxy) is 2. The van der Waals surface area contributed by atoms with E-state index in [0.717, 1.165) is 23.4 Å². The molecule has 0 bridgehead atoms. The third kappa shape index (κ3) is 4.28. The molecule has 1 amide bonds. The fraction of sp³-hybridized carbons (Fsp3) is 0.400. The van der Waals surface area contributed by atoms with Crippen molar-refractivity contribution in [2.24, 2.45) is 5.92 Å². The quantitative estimate of drug-likeness (QED) is 0.417. The van der Waals surface area contributed by atoms with E-state index in [1.54, 1.807) is 29.1 Å². The smallest absolute Gasteiger partial charge is 0.251 e. The second kappa shape index (κ2) is 8.78. The van der Waals surface area contributed by atoms with Crippen LogP contribution >= 0.6 is 11.8 Å². The van der Waals surface area contributed by atoms with Gasteiger partial charge in [-0.2, -0.15) is 5.10 Å². The van der Waals surface area contributed by atoms with Gasteiger partial charge in [-0.15, -0.1) is 0 Å². The van der Waals surface area contributed by atoms with Crippen LogP contribution in [0.1, 0.15) is 24.2 Å². The molecule has 0 radical (unpaired) electrons. The summed E-state index contributed by atoms with van der Waals surface area (Å²) in [6.07, 6.45) is 3.71. The highest BCUT2D eigenvalue weighted by molar-refractivity contribution is 7.98. The summed E-state index contributed by atoms with van der Waals surface area (Å²) in [5.74, 6) is 2.34. The molecule has 1 aliphatic rings. The van der Waals surface area contributed by atoms with Crippen LogP contribution in [0.2, 0.25) is 0 Å². The highest BCUT2D eigenvalue weighted by Gasteiger charge is 2.17. The molecule has 1 aliphatic heterocycles. The van der Waals surface area contributed by atoms with E-state index in [1.807, 2.05) is 6.26 Å². The standard InChI is InChI=1S/C20H24N6O3S/c1-12(2)9-22-17-14-10-23-26(18(14)25-20(24-17)30-3)7-6-21-19(27)13-4-5-15-16(8-13)29-11-28-15/h4-5,8,10,12H,6-7,9,11H2,1-3H3,(H,21,27)(H,22,24,25). The van der Waals surface area contributed by atoms with Crippen molar-refractivity contribution in [1.29, 1.82) is 0 Å². The SMILES string of the molecule is CSc1nc(NCC(C)C)c2cnn(CCNC(=O)c3ccc4c(c3)OCO4)c2n1. The maximum atomic E-state index is 12.5. The van der Waals surface area contributed by atoms with Crippen molar-refractivity contribution >= 4 is 34.5 Å². The molecule has 1 aromatic carbocycles. The summed E-state index contributed by atoms with van der Waals surface area (Å²) in [6.45, 7) is 6.20. The summed E-state index contributed by atoms with van der Waals surface area (Å²) in [4.78, 5) is 21.6. The largest absolute Gasteiger partial charge is 0.454 e. The third-order valence-corrected chi connectivity index (χ3v) is 5.13. The normalized spacial score (nSPS) is 12.5. The lowest BCUT2D eigenvalue weighted by Crippen LogP contribution is -2.27. The van der Waals surface area contributed by atoms with Gasteiger partial charge in [-0.3, -0.25) is 4.79 Å². The van der Waals surface area contributed by atoms with E-state index in [-0.39, 0.29) is 12.7 Å². The van der Waals surface area contributed by atoms with Crippen LogP contribution in [-0.2, 0) is 6.54 Å². The van der Waals surface area contributed by atoms with Crippen molar-refractivity contribution in [2.45, 2.75) is 25.5 Å². The van der Waals surface area contributed by atoms with Gasteiger partial charge in [0, 0.05) is 18.7 Å². The minimum Gasteiger partial charge on any atom is -0.454 e. The zero-order valence-electron chi connectivity index (χ0n) is 17.1. The average Bonchev–Trinajstić information content (AvgIpc) is 3.38. The molecule has 30 heavy (non-hydrogen) atoms. The molecule has 2 aromatic heterocycles. The van der Waals surface area contributed by atoms with Crippen molar-refractivity contribution in [2.75, 3.05) is 31.5 Å². The first kappa shape index (κ1) is 20.3. The fourth-order valence-corrected chi connectivity index (χ4v) is 3.40. The van der Waals surface area contributed by atoms with Crippen molar-refractivity contribution in [3.8, 4) is 11.5 Å². The first-order valence-corrected chi connectivity index (χ1v) is 11.0. The highest BCUT2D eigenvalue weighted by atomic mass is 32.2. The Morgan fingerprint density at radius 3 is 2.90 bits per heavy atom. The number of nitrogens with zero attached hydrogens (tertiary/aromatic N) is 4. The van der Waals surface area contributed by atoms with Gasteiger partial charge in [-0.25, -0.2) is 14.6 Å². The Morgan fingerprint density at radius 2 is 2.10 bits per heavy atom. The average molecular weight is 429 g/mol. The maximum absolute atomic E-state index is 12.5. The molecule has 4 rings (SSSR count). The van der Waals surface area contributed by atoms with Gasteiger partial charge in [0.05, 0.1) is 18.1 Å². The van der Waals surface area contributed by atoms with Gasteiger partial charge >= 0.3 is 0 Å². The summed E-state index contributed by atoms with van der Waals surface area (Å²) >= 11 is 1.48. The fourth-order valence-electron chi connectivity index (χ4n) is 3.04. The number of aromatic nitrogens is 4. The molecule has 0 aliphatic carbocycles. The Hall–Kier alpha value is -3.01. The van der Waals surface area contributed by atoms with Crippen LogP contribution in [-0.4, -0.2) is 51.8 Å². The summed E-state index contributed by atoms with van der Waals surface area (Å²) < 4.78 is 12.4. The van der Waals surface area contributed by atoms with Gasteiger partial charge in [-0.1, -0.05) is 25.6 Å². The lowest BCUT2D eigenvalue weighted by atomic mass is 10.2. The van der Waals surface area contributed by atoms with Crippen molar-refractivity contribution in [1.82, 2.24) is 25.1 Å². The van der Waals surface area contributed by atoms with Crippen LogP contribution in [0.15, 0.2) is 29.6 Å². The minimum atomic E-state index is -0.177. The number of carbonyl (C=O) groups is 1. The second-order valence-corrected chi connectivity index (χ2v) is 8.04. The molecule has 3 heterocycles. The Labute approximate surface area is 178 Å². The molecule has 0 saturated heterocycles. The number of benzene rings is 1. The van der Waals surface area contributed by atoms with Gasteiger partial charge in [0.2, 0.25) is 6.79 Å². The van der Waals surface area contributed by atoms with Gasteiger partial charge in [0.1, 0.15) is 5.82 Å². The van der Waals surface area contributed by atoms with Gasteiger partial charge < -0.3 is 20.1 Å². The molecule has 9 nitrogen and oxygen atoms in total. The summed E-state index contributed by atoms with van der Waals surface area (Å²) in [6, 6.07) is 5.15. The van der Waals surface area contributed by atoms with E-state index in [2.05, 4.69) is 39.5 Å². The Morgan fingerprint density at radius 1 is 1.27 bits per heavy atom. The Kier molecular flexibility index (Phi) is 5.93. The third-order valence-electron chi connectivity index (χ3n) is 4.58. The van der Waals surface area contributed by atoms with Crippen molar-refractivity contribution in [3.63, 3.8) is 0 Å². The zero-order chi connectivity index (χ0) is 21.1. The number of fused-ring (bicyclic) bond motifs is 2. The van der Waals surface area contributed by atoms with Crippen LogP contribution in [0.4, 0.5) is 5.82 Å².